The number of benzene rings is 1. The van der Waals surface area contributed by atoms with Crippen molar-refractivity contribution < 1.29 is 4.79 Å². The van der Waals surface area contributed by atoms with Crippen molar-refractivity contribution in [1.82, 2.24) is 15.5 Å². The van der Waals surface area contributed by atoms with E-state index in [0.29, 0.717) is 6.54 Å². The number of urea groups is 1. The van der Waals surface area contributed by atoms with E-state index in [0.717, 1.165) is 31.5 Å². The molecule has 1 aromatic carbocycles. The Morgan fingerprint density at radius 2 is 2.17 bits per heavy atom. The minimum Gasteiger partial charge on any atom is -0.334 e. The van der Waals surface area contributed by atoms with Crippen molar-refractivity contribution in [2.75, 3.05) is 20.1 Å². The van der Waals surface area contributed by atoms with Gasteiger partial charge in [-0.15, -0.1) is 0 Å². The van der Waals surface area contributed by atoms with Gasteiger partial charge < -0.3 is 15.5 Å². The molecule has 2 N–H and O–H groups in total. The number of likely N-dealkylation sites (N-methyl/N-ethyl adjacent to an activating group) is 1. The van der Waals surface area contributed by atoms with Crippen LogP contribution in [0.1, 0.15) is 18.4 Å². The topological polar surface area (TPSA) is 44.4 Å². The maximum Gasteiger partial charge on any atom is 0.315 e. The van der Waals surface area contributed by atoms with Crippen molar-refractivity contribution in [2.24, 2.45) is 0 Å². The summed E-state index contributed by atoms with van der Waals surface area (Å²) in [5.74, 6) is 0. The van der Waals surface area contributed by atoms with Gasteiger partial charge in [0.1, 0.15) is 0 Å². The molecule has 1 atom stereocenters. The van der Waals surface area contributed by atoms with Gasteiger partial charge in [-0.05, 0) is 32.0 Å². The summed E-state index contributed by atoms with van der Waals surface area (Å²) in [6.45, 7) is 2.65. The van der Waals surface area contributed by atoms with Crippen molar-refractivity contribution in [3.8, 4) is 0 Å². The molecule has 4 heteroatoms. The van der Waals surface area contributed by atoms with Gasteiger partial charge in [-0.1, -0.05) is 30.3 Å². The van der Waals surface area contributed by atoms with Gasteiger partial charge in [-0.3, -0.25) is 0 Å². The predicted molar refractivity (Wildman–Crippen MR) is 72.3 cm³/mol. The third-order valence-electron chi connectivity index (χ3n) is 3.26. The average Bonchev–Trinajstić information content (AvgIpc) is 2.38. The first-order chi connectivity index (χ1) is 8.74. The SMILES string of the molecule is CN1CCC[C@@H](NC(=O)NCc2ccccc2)C1. The molecule has 0 saturated carbocycles. The van der Waals surface area contributed by atoms with E-state index in [4.69, 9.17) is 0 Å². The number of carbonyl (C=O) groups excluding carboxylic acids is 1. The van der Waals surface area contributed by atoms with Crippen molar-refractivity contribution in [3.63, 3.8) is 0 Å². The molecule has 98 valence electrons. The molecule has 0 radical (unpaired) electrons. The zero-order valence-electron chi connectivity index (χ0n) is 10.9. The van der Waals surface area contributed by atoms with Gasteiger partial charge in [0.25, 0.3) is 0 Å². The lowest BCUT2D eigenvalue weighted by atomic mass is 10.1. The molecule has 1 heterocycles. The molecule has 0 aromatic heterocycles. The Morgan fingerprint density at radius 1 is 1.39 bits per heavy atom. The zero-order chi connectivity index (χ0) is 12.8. The number of nitrogens with zero attached hydrogens (tertiary/aromatic N) is 1. The van der Waals surface area contributed by atoms with Crippen LogP contribution >= 0.6 is 0 Å². The summed E-state index contributed by atoms with van der Waals surface area (Å²) >= 11 is 0. The van der Waals surface area contributed by atoms with E-state index in [9.17, 15) is 4.79 Å². The number of hydrogen-bond acceptors (Lipinski definition) is 2. The van der Waals surface area contributed by atoms with E-state index < -0.39 is 0 Å². The molecule has 0 aliphatic carbocycles. The average molecular weight is 247 g/mol. The molecule has 1 saturated heterocycles. The van der Waals surface area contributed by atoms with Crippen LogP contribution in [0.25, 0.3) is 0 Å². The molecule has 2 amide bonds. The predicted octanol–water partition coefficient (Wildman–Crippen LogP) is 1.58. The number of hydrogen-bond donors (Lipinski definition) is 2. The van der Waals surface area contributed by atoms with E-state index in [1.54, 1.807) is 0 Å². The van der Waals surface area contributed by atoms with Gasteiger partial charge in [-0.25, -0.2) is 4.79 Å². The second-order valence-electron chi connectivity index (χ2n) is 4.91. The first-order valence-electron chi connectivity index (χ1n) is 6.51. The van der Waals surface area contributed by atoms with Crippen LogP contribution in [-0.4, -0.2) is 37.1 Å². The Balaban J connectivity index is 1.72. The van der Waals surface area contributed by atoms with Crippen LogP contribution in [0.4, 0.5) is 4.79 Å². The van der Waals surface area contributed by atoms with Crippen molar-refractivity contribution in [3.05, 3.63) is 35.9 Å². The molecule has 0 spiro atoms. The van der Waals surface area contributed by atoms with E-state index in [1.165, 1.54) is 0 Å². The monoisotopic (exact) mass is 247 g/mol. The molecule has 1 fully saturated rings. The molecule has 0 unspecified atom stereocenters. The maximum atomic E-state index is 11.8. The standard InChI is InChI=1S/C14H21N3O/c1-17-9-5-8-13(11-17)16-14(18)15-10-12-6-3-2-4-7-12/h2-4,6-7,13H,5,8-11H2,1H3,(H2,15,16,18)/t13-/m1/s1. The van der Waals surface area contributed by atoms with Gasteiger partial charge in [0.2, 0.25) is 0 Å². The summed E-state index contributed by atoms with van der Waals surface area (Å²) in [5, 5.41) is 5.92. The Morgan fingerprint density at radius 3 is 2.89 bits per heavy atom. The van der Waals surface area contributed by atoms with Gasteiger partial charge in [0.05, 0.1) is 0 Å². The number of carbonyl (C=O) groups is 1. The summed E-state index contributed by atoms with van der Waals surface area (Å²) < 4.78 is 0. The highest BCUT2D eigenvalue weighted by Gasteiger charge is 2.18. The lowest BCUT2D eigenvalue weighted by molar-refractivity contribution is 0.209. The molecular formula is C14H21N3O. The first-order valence-corrected chi connectivity index (χ1v) is 6.51. The third kappa shape index (κ3) is 4.04. The van der Waals surface area contributed by atoms with E-state index >= 15 is 0 Å². The lowest BCUT2D eigenvalue weighted by Gasteiger charge is -2.30. The first kappa shape index (κ1) is 12.9. The van der Waals surface area contributed by atoms with Crippen LogP contribution in [-0.2, 0) is 6.54 Å². The second-order valence-corrected chi connectivity index (χ2v) is 4.91. The van der Waals surface area contributed by atoms with E-state index in [-0.39, 0.29) is 12.1 Å². The minimum atomic E-state index is -0.0702. The zero-order valence-corrected chi connectivity index (χ0v) is 10.9. The lowest BCUT2D eigenvalue weighted by Crippen LogP contribution is -2.49. The highest BCUT2D eigenvalue weighted by Crippen LogP contribution is 2.07. The molecule has 0 bridgehead atoms. The molecule has 1 aliphatic rings. The number of piperidine rings is 1. The summed E-state index contributed by atoms with van der Waals surface area (Å²) in [7, 11) is 2.09. The Bertz CT molecular complexity index is 380. The molecular weight excluding hydrogens is 226 g/mol. The maximum absolute atomic E-state index is 11.8. The number of nitrogens with one attached hydrogen (secondary N) is 2. The smallest absolute Gasteiger partial charge is 0.315 e. The van der Waals surface area contributed by atoms with Crippen LogP contribution in [0.2, 0.25) is 0 Å². The Labute approximate surface area is 108 Å². The summed E-state index contributed by atoms with van der Waals surface area (Å²) in [4.78, 5) is 14.0. The van der Waals surface area contributed by atoms with E-state index in [1.807, 2.05) is 30.3 Å². The highest BCUT2D eigenvalue weighted by atomic mass is 16.2. The van der Waals surface area contributed by atoms with Gasteiger partial charge >= 0.3 is 6.03 Å². The Kier molecular flexibility index (Phi) is 4.59. The minimum absolute atomic E-state index is 0.0702. The second kappa shape index (κ2) is 6.40. The van der Waals surface area contributed by atoms with Crippen molar-refractivity contribution in [1.29, 1.82) is 0 Å². The largest absolute Gasteiger partial charge is 0.334 e. The number of rotatable bonds is 3. The van der Waals surface area contributed by atoms with Crippen LogP contribution < -0.4 is 10.6 Å². The van der Waals surface area contributed by atoms with Crippen LogP contribution in [0.5, 0.6) is 0 Å². The van der Waals surface area contributed by atoms with Gasteiger partial charge in [-0.2, -0.15) is 0 Å². The summed E-state index contributed by atoms with van der Waals surface area (Å²) in [5.41, 5.74) is 1.12. The third-order valence-corrected chi connectivity index (χ3v) is 3.26. The summed E-state index contributed by atoms with van der Waals surface area (Å²) in [6, 6.07) is 10.2. The van der Waals surface area contributed by atoms with Gasteiger partial charge in [0, 0.05) is 19.1 Å². The summed E-state index contributed by atoms with van der Waals surface area (Å²) in [6.07, 6.45) is 2.23. The fourth-order valence-electron chi connectivity index (χ4n) is 2.30. The highest BCUT2D eigenvalue weighted by molar-refractivity contribution is 5.74. The molecule has 18 heavy (non-hydrogen) atoms. The van der Waals surface area contributed by atoms with Crippen molar-refractivity contribution >= 4 is 6.03 Å². The van der Waals surface area contributed by atoms with Crippen molar-refractivity contribution in [2.45, 2.75) is 25.4 Å². The molecule has 4 nitrogen and oxygen atoms in total. The van der Waals surface area contributed by atoms with Gasteiger partial charge in [0.15, 0.2) is 0 Å². The van der Waals surface area contributed by atoms with Crippen LogP contribution in [0.15, 0.2) is 30.3 Å². The molecule has 1 aromatic rings. The Hall–Kier alpha value is -1.55. The quantitative estimate of drug-likeness (QED) is 0.851. The fourth-order valence-corrected chi connectivity index (χ4v) is 2.30. The molecule has 2 rings (SSSR count). The number of amides is 2. The molecule has 1 aliphatic heterocycles. The normalized spacial score (nSPS) is 20.4. The fraction of sp³-hybridized carbons (Fsp3) is 0.500. The number of likely N-dealkylation sites (tertiary alicyclic amines) is 1. The van der Waals surface area contributed by atoms with Crippen LogP contribution in [0.3, 0.4) is 0 Å². The van der Waals surface area contributed by atoms with E-state index in [2.05, 4.69) is 22.6 Å². The van der Waals surface area contributed by atoms with Crippen LogP contribution in [0, 0.1) is 0 Å².